The number of nitrogens with zero attached hydrogens (tertiary/aromatic N) is 3. The minimum atomic E-state index is -0.144. The number of aryl methyl sites for hydroxylation is 1. The van der Waals surface area contributed by atoms with Gasteiger partial charge in [-0.1, -0.05) is 62.9 Å². The summed E-state index contributed by atoms with van der Waals surface area (Å²) in [5, 5.41) is 8.61. The van der Waals surface area contributed by atoms with E-state index in [0.29, 0.717) is 0 Å². The number of fused-ring (bicyclic) bond motifs is 1. The molecule has 0 radical (unpaired) electrons. The summed E-state index contributed by atoms with van der Waals surface area (Å²) in [6.07, 6.45) is 0. The normalized spacial score (nSPS) is 11.5. The summed E-state index contributed by atoms with van der Waals surface area (Å²) >= 11 is 1.46. The summed E-state index contributed by atoms with van der Waals surface area (Å²) in [5.41, 5.74) is 5.37. The molecule has 0 atom stereocenters. The van der Waals surface area contributed by atoms with Gasteiger partial charge in [-0.15, -0.1) is 0 Å². The second-order valence-electron chi connectivity index (χ2n) is 8.86. The molecule has 1 N–H and O–H groups in total. The number of nitrogens with one attached hydrogen (secondary N) is 1. The van der Waals surface area contributed by atoms with Crippen molar-refractivity contribution in [2.24, 2.45) is 0 Å². The summed E-state index contributed by atoms with van der Waals surface area (Å²) in [6.45, 7) is 8.42. The lowest BCUT2D eigenvalue weighted by Gasteiger charge is -2.19. The Morgan fingerprint density at radius 2 is 1.79 bits per heavy atom. The van der Waals surface area contributed by atoms with E-state index in [1.165, 1.54) is 11.8 Å². The second kappa shape index (κ2) is 9.27. The first-order chi connectivity index (χ1) is 15.8. The molecule has 6 nitrogen and oxygen atoms in total. The topological polar surface area (TPSA) is 68.5 Å². The van der Waals surface area contributed by atoms with Crippen LogP contribution in [0.25, 0.3) is 16.8 Å². The maximum absolute atomic E-state index is 12.6. The molecule has 2 aromatic heterocycles. The molecule has 7 heteroatoms. The Morgan fingerprint density at radius 3 is 2.42 bits per heavy atom. The average Bonchev–Trinajstić information content (AvgIpc) is 3.13. The van der Waals surface area contributed by atoms with E-state index in [0.717, 1.165) is 44.6 Å². The minimum Gasteiger partial charge on any atom is -0.497 e. The Hall–Kier alpha value is -3.32. The van der Waals surface area contributed by atoms with E-state index in [2.05, 4.69) is 38.2 Å². The van der Waals surface area contributed by atoms with Gasteiger partial charge in [-0.25, -0.2) is 9.50 Å². The predicted molar refractivity (Wildman–Crippen MR) is 134 cm³/mol. The van der Waals surface area contributed by atoms with Crippen LogP contribution in [0.1, 0.15) is 32.2 Å². The van der Waals surface area contributed by atoms with E-state index < -0.39 is 0 Å². The lowest BCUT2D eigenvalue weighted by molar-refractivity contribution is -0.113. The van der Waals surface area contributed by atoms with E-state index in [1.54, 1.807) is 7.11 Å². The number of aromatic nitrogens is 3. The van der Waals surface area contributed by atoms with Gasteiger partial charge in [0.1, 0.15) is 10.8 Å². The SMILES string of the molecule is COc1ccc(NC(=O)CSc2cc(C(C)(C)C)nc3c(-c4ccccc4)c(C)nn23)cc1. The smallest absolute Gasteiger partial charge is 0.234 e. The number of anilines is 1. The quantitative estimate of drug-likeness (QED) is 0.293. The van der Waals surface area contributed by atoms with Crippen molar-refractivity contribution in [2.75, 3.05) is 18.2 Å². The van der Waals surface area contributed by atoms with Crippen molar-refractivity contribution in [1.29, 1.82) is 0 Å². The minimum absolute atomic E-state index is 0.0837. The molecule has 4 rings (SSSR count). The average molecular weight is 461 g/mol. The van der Waals surface area contributed by atoms with Crippen LogP contribution in [0.4, 0.5) is 5.69 Å². The molecule has 0 bridgehead atoms. The van der Waals surface area contributed by atoms with Crippen LogP contribution in [0.5, 0.6) is 5.75 Å². The molecule has 33 heavy (non-hydrogen) atoms. The van der Waals surface area contributed by atoms with Gasteiger partial charge in [0.15, 0.2) is 5.65 Å². The predicted octanol–water partition coefficient (Wildman–Crippen LogP) is 5.74. The Bertz CT molecular complexity index is 1280. The number of benzene rings is 2. The molecule has 0 aliphatic heterocycles. The molecule has 0 aliphatic rings. The van der Waals surface area contributed by atoms with Gasteiger partial charge in [-0.05, 0) is 42.8 Å². The molecule has 1 amide bonds. The van der Waals surface area contributed by atoms with Crippen LogP contribution in [0.2, 0.25) is 0 Å². The molecule has 170 valence electrons. The summed E-state index contributed by atoms with van der Waals surface area (Å²) in [4.78, 5) is 17.6. The number of methoxy groups -OCH3 is 1. The van der Waals surface area contributed by atoms with Gasteiger partial charge >= 0.3 is 0 Å². The van der Waals surface area contributed by atoms with Crippen LogP contribution in [0.3, 0.4) is 0 Å². The van der Waals surface area contributed by atoms with Gasteiger partial charge in [0, 0.05) is 16.7 Å². The molecule has 0 fully saturated rings. The first kappa shape index (κ1) is 22.9. The van der Waals surface area contributed by atoms with Crippen molar-refractivity contribution in [3.63, 3.8) is 0 Å². The van der Waals surface area contributed by atoms with E-state index >= 15 is 0 Å². The Morgan fingerprint density at radius 1 is 1.09 bits per heavy atom. The number of thioether (sulfide) groups is 1. The zero-order chi connectivity index (χ0) is 23.6. The highest BCUT2D eigenvalue weighted by atomic mass is 32.2. The zero-order valence-electron chi connectivity index (χ0n) is 19.5. The van der Waals surface area contributed by atoms with Gasteiger partial charge in [0.2, 0.25) is 5.91 Å². The Kier molecular flexibility index (Phi) is 6.42. The molecule has 4 aromatic rings. The molecule has 0 unspecified atom stereocenters. The standard InChI is InChI=1S/C26H28N4O2S/c1-17-24(18-9-7-6-8-10-18)25-28-21(26(2,3)4)15-23(30(25)29-17)33-16-22(31)27-19-11-13-20(32-5)14-12-19/h6-15H,16H2,1-5H3,(H,27,31). The highest BCUT2D eigenvalue weighted by molar-refractivity contribution is 7.99. The van der Waals surface area contributed by atoms with Crippen LogP contribution in [-0.4, -0.2) is 33.4 Å². The maximum Gasteiger partial charge on any atom is 0.234 e. The third-order valence-corrected chi connectivity index (χ3v) is 6.28. The van der Waals surface area contributed by atoms with Crippen LogP contribution >= 0.6 is 11.8 Å². The van der Waals surface area contributed by atoms with Crippen molar-refractivity contribution in [2.45, 2.75) is 38.1 Å². The van der Waals surface area contributed by atoms with Crippen molar-refractivity contribution in [3.8, 4) is 16.9 Å². The van der Waals surface area contributed by atoms with Crippen molar-refractivity contribution < 1.29 is 9.53 Å². The van der Waals surface area contributed by atoms with E-state index in [1.807, 2.05) is 60.0 Å². The number of rotatable bonds is 6. The van der Waals surface area contributed by atoms with Gasteiger partial charge in [0.05, 0.1) is 24.3 Å². The third kappa shape index (κ3) is 5.03. The van der Waals surface area contributed by atoms with Crippen molar-refractivity contribution in [3.05, 3.63) is 72.1 Å². The molecule has 0 saturated heterocycles. The highest BCUT2D eigenvalue weighted by Crippen LogP contribution is 2.33. The van der Waals surface area contributed by atoms with Crippen molar-refractivity contribution in [1.82, 2.24) is 14.6 Å². The first-order valence-electron chi connectivity index (χ1n) is 10.8. The number of carbonyl (C=O) groups excluding carboxylic acids is 1. The van der Waals surface area contributed by atoms with Gasteiger partial charge in [0.25, 0.3) is 0 Å². The van der Waals surface area contributed by atoms with Gasteiger partial charge < -0.3 is 10.1 Å². The summed E-state index contributed by atoms with van der Waals surface area (Å²) < 4.78 is 7.03. The third-order valence-electron chi connectivity index (χ3n) is 5.29. The van der Waals surface area contributed by atoms with Crippen LogP contribution < -0.4 is 10.1 Å². The van der Waals surface area contributed by atoms with E-state index in [-0.39, 0.29) is 17.1 Å². The largest absolute Gasteiger partial charge is 0.497 e. The molecular weight excluding hydrogens is 432 g/mol. The molecule has 0 saturated carbocycles. The molecular formula is C26H28N4O2S. The number of hydrogen-bond donors (Lipinski definition) is 1. The number of hydrogen-bond acceptors (Lipinski definition) is 5. The number of carbonyl (C=O) groups is 1. The van der Waals surface area contributed by atoms with Gasteiger partial charge in [-0.3, -0.25) is 4.79 Å². The molecule has 2 aromatic carbocycles. The fourth-order valence-corrected chi connectivity index (χ4v) is 4.33. The molecule has 2 heterocycles. The monoisotopic (exact) mass is 460 g/mol. The maximum atomic E-state index is 12.6. The molecule has 0 spiro atoms. The van der Waals surface area contributed by atoms with Gasteiger partial charge in [-0.2, -0.15) is 5.10 Å². The first-order valence-corrected chi connectivity index (χ1v) is 11.8. The Balaban J connectivity index is 1.65. The van der Waals surface area contributed by atoms with E-state index in [9.17, 15) is 4.79 Å². The number of ether oxygens (including phenoxy) is 1. The van der Waals surface area contributed by atoms with E-state index in [4.69, 9.17) is 14.8 Å². The Labute approximate surface area is 198 Å². The highest BCUT2D eigenvalue weighted by Gasteiger charge is 2.22. The van der Waals surface area contributed by atoms with Crippen LogP contribution in [-0.2, 0) is 10.2 Å². The fraction of sp³-hybridized carbons (Fsp3) is 0.269. The molecule has 0 aliphatic carbocycles. The summed E-state index contributed by atoms with van der Waals surface area (Å²) in [7, 11) is 1.62. The zero-order valence-corrected chi connectivity index (χ0v) is 20.4. The van der Waals surface area contributed by atoms with Crippen molar-refractivity contribution >= 4 is 29.0 Å². The van der Waals surface area contributed by atoms with Crippen LogP contribution in [0.15, 0.2) is 65.7 Å². The second-order valence-corrected chi connectivity index (χ2v) is 9.85. The lowest BCUT2D eigenvalue weighted by Crippen LogP contribution is -2.17. The number of amides is 1. The lowest BCUT2D eigenvalue weighted by atomic mass is 9.92. The summed E-state index contributed by atoms with van der Waals surface area (Å²) in [5.74, 6) is 0.924. The summed E-state index contributed by atoms with van der Waals surface area (Å²) in [6, 6.07) is 19.5. The van der Waals surface area contributed by atoms with Crippen LogP contribution in [0, 0.1) is 6.92 Å². The fourth-order valence-electron chi connectivity index (χ4n) is 3.54.